The Bertz CT molecular complexity index is 946. The Kier molecular flexibility index (Phi) is 5.61. The third-order valence-corrected chi connectivity index (χ3v) is 3.83. The molecule has 0 saturated carbocycles. The third-order valence-electron chi connectivity index (χ3n) is 3.83. The molecule has 0 radical (unpaired) electrons. The van der Waals surface area contributed by atoms with Gasteiger partial charge in [0.2, 0.25) is 0 Å². The molecule has 1 amide bonds. The van der Waals surface area contributed by atoms with E-state index in [1.165, 1.54) is 18.3 Å². The zero-order chi connectivity index (χ0) is 19.2. The topological polar surface area (TPSA) is 63.2 Å². The molecule has 3 aromatic rings. The molecule has 2 aromatic carbocycles. The fraction of sp³-hybridized carbons (Fsp3) is 0.100. The summed E-state index contributed by atoms with van der Waals surface area (Å²) >= 11 is 0. The molecule has 1 heterocycles. The lowest BCUT2D eigenvalue weighted by atomic mass is 10.2. The lowest BCUT2D eigenvalue weighted by Gasteiger charge is -2.09. The van der Waals surface area contributed by atoms with Gasteiger partial charge in [-0.3, -0.25) is 4.79 Å². The van der Waals surface area contributed by atoms with E-state index in [1.54, 1.807) is 13.2 Å². The molecule has 0 fully saturated rings. The number of aromatic nitrogens is 1. The van der Waals surface area contributed by atoms with Crippen LogP contribution in [0.4, 0.5) is 20.3 Å². The Morgan fingerprint density at radius 1 is 1.04 bits per heavy atom. The first-order valence-electron chi connectivity index (χ1n) is 8.14. The Balaban J connectivity index is 1.65. The molecule has 0 aliphatic carbocycles. The summed E-state index contributed by atoms with van der Waals surface area (Å²) in [5.74, 6) is -1.15. The number of nitrogens with one attached hydrogen (secondary N) is 2. The fourth-order valence-corrected chi connectivity index (χ4v) is 2.38. The van der Waals surface area contributed by atoms with Crippen molar-refractivity contribution < 1.29 is 18.3 Å². The van der Waals surface area contributed by atoms with Crippen LogP contribution in [0, 0.1) is 11.6 Å². The van der Waals surface area contributed by atoms with Crippen molar-refractivity contribution in [2.75, 3.05) is 17.7 Å². The van der Waals surface area contributed by atoms with E-state index in [-0.39, 0.29) is 5.69 Å². The highest BCUT2D eigenvalue weighted by Crippen LogP contribution is 2.16. The first-order chi connectivity index (χ1) is 13.0. The highest BCUT2D eigenvalue weighted by Gasteiger charge is 2.09. The first kappa shape index (κ1) is 18.3. The smallest absolute Gasteiger partial charge is 0.255 e. The van der Waals surface area contributed by atoms with E-state index in [1.807, 2.05) is 24.3 Å². The Hall–Kier alpha value is -3.48. The predicted octanol–water partition coefficient (Wildman–Crippen LogP) is 4.23. The summed E-state index contributed by atoms with van der Waals surface area (Å²) in [4.78, 5) is 16.5. The van der Waals surface area contributed by atoms with Crippen LogP contribution < -0.4 is 15.4 Å². The molecule has 1 aromatic heterocycles. The minimum atomic E-state index is -1.02. The quantitative estimate of drug-likeness (QED) is 0.682. The normalized spacial score (nSPS) is 10.3. The maximum absolute atomic E-state index is 13.3. The number of ether oxygens (including phenoxy) is 1. The van der Waals surface area contributed by atoms with Crippen molar-refractivity contribution in [2.45, 2.75) is 6.54 Å². The molecule has 3 rings (SSSR count). The molecule has 0 saturated heterocycles. The van der Waals surface area contributed by atoms with Gasteiger partial charge in [0.05, 0.1) is 7.11 Å². The van der Waals surface area contributed by atoms with Gasteiger partial charge in [0.1, 0.15) is 11.6 Å². The van der Waals surface area contributed by atoms with Crippen LogP contribution in [0.15, 0.2) is 60.8 Å². The predicted molar refractivity (Wildman–Crippen MR) is 98.9 cm³/mol. The van der Waals surface area contributed by atoms with Gasteiger partial charge >= 0.3 is 0 Å². The van der Waals surface area contributed by atoms with Gasteiger partial charge in [-0.05, 0) is 42.0 Å². The van der Waals surface area contributed by atoms with Crippen molar-refractivity contribution in [2.24, 2.45) is 0 Å². The van der Waals surface area contributed by atoms with Gasteiger partial charge in [0.15, 0.2) is 11.6 Å². The molecule has 0 unspecified atom stereocenters. The third kappa shape index (κ3) is 4.78. The number of rotatable bonds is 6. The monoisotopic (exact) mass is 369 g/mol. The summed E-state index contributed by atoms with van der Waals surface area (Å²) in [7, 11) is 1.61. The molecular formula is C20H17F2N3O2. The number of anilines is 2. The number of methoxy groups -OCH3 is 1. The van der Waals surface area contributed by atoms with Crippen molar-refractivity contribution in [3.05, 3.63) is 83.6 Å². The molecule has 5 nitrogen and oxygen atoms in total. The van der Waals surface area contributed by atoms with Crippen molar-refractivity contribution >= 4 is 17.4 Å². The number of amides is 1. The average Bonchev–Trinajstić information content (AvgIpc) is 2.70. The number of carbonyl (C=O) groups excluding carboxylic acids is 1. The molecule has 7 heteroatoms. The van der Waals surface area contributed by atoms with Gasteiger partial charge in [-0.25, -0.2) is 13.8 Å². The van der Waals surface area contributed by atoms with Crippen LogP contribution in [-0.4, -0.2) is 18.0 Å². The van der Waals surface area contributed by atoms with Crippen molar-refractivity contribution in [3.8, 4) is 5.75 Å². The number of hydrogen-bond donors (Lipinski definition) is 2. The van der Waals surface area contributed by atoms with Crippen LogP contribution in [0.25, 0.3) is 0 Å². The van der Waals surface area contributed by atoms with E-state index in [9.17, 15) is 13.6 Å². The Morgan fingerprint density at radius 3 is 2.52 bits per heavy atom. The van der Waals surface area contributed by atoms with Crippen LogP contribution in [0.5, 0.6) is 5.75 Å². The van der Waals surface area contributed by atoms with Gasteiger partial charge < -0.3 is 15.4 Å². The first-order valence-corrected chi connectivity index (χ1v) is 8.14. The van der Waals surface area contributed by atoms with E-state index in [4.69, 9.17) is 4.74 Å². The molecule has 0 aliphatic rings. The Labute approximate surface area is 155 Å². The van der Waals surface area contributed by atoms with Crippen LogP contribution in [-0.2, 0) is 6.54 Å². The van der Waals surface area contributed by atoms with E-state index in [0.29, 0.717) is 17.9 Å². The van der Waals surface area contributed by atoms with E-state index in [2.05, 4.69) is 15.6 Å². The second-order valence-electron chi connectivity index (χ2n) is 5.71. The maximum Gasteiger partial charge on any atom is 0.255 e. The molecule has 0 atom stereocenters. The standard InChI is InChI=1S/C20H17F2N3O2/c1-27-16-5-2-13(3-6-16)12-24-19-10-14(8-9-23-19)20(26)25-15-4-7-17(21)18(22)11-15/h2-11H,12H2,1H3,(H,23,24)(H,25,26). The van der Waals surface area contributed by atoms with Crippen LogP contribution in [0.3, 0.4) is 0 Å². The number of nitrogens with zero attached hydrogens (tertiary/aromatic N) is 1. The second kappa shape index (κ2) is 8.27. The summed E-state index contributed by atoms with van der Waals surface area (Å²) in [6, 6.07) is 13.9. The number of hydrogen-bond acceptors (Lipinski definition) is 4. The molecule has 138 valence electrons. The average molecular weight is 369 g/mol. The molecule has 0 aliphatic heterocycles. The number of halogens is 2. The fourth-order valence-electron chi connectivity index (χ4n) is 2.38. The molecule has 27 heavy (non-hydrogen) atoms. The lowest BCUT2D eigenvalue weighted by Crippen LogP contribution is -2.13. The minimum Gasteiger partial charge on any atom is -0.497 e. The molecular weight excluding hydrogens is 352 g/mol. The summed E-state index contributed by atoms with van der Waals surface area (Å²) in [6.45, 7) is 0.519. The van der Waals surface area contributed by atoms with Gasteiger partial charge in [0.25, 0.3) is 5.91 Å². The van der Waals surface area contributed by atoms with E-state index in [0.717, 1.165) is 23.4 Å². The van der Waals surface area contributed by atoms with Crippen molar-refractivity contribution in [1.82, 2.24) is 4.98 Å². The van der Waals surface area contributed by atoms with Crippen LogP contribution >= 0.6 is 0 Å². The highest BCUT2D eigenvalue weighted by molar-refractivity contribution is 6.04. The SMILES string of the molecule is COc1ccc(CNc2cc(C(=O)Nc3ccc(F)c(F)c3)ccn2)cc1. The molecule has 0 bridgehead atoms. The molecule has 0 spiro atoms. The van der Waals surface area contributed by atoms with Gasteiger partial charge in [-0.15, -0.1) is 0 Å². The van der Waals surface area contributed by atoms with Crippen molar-refractivity contribution in [1.29, 1.82) is 0 Å². The lowest BCUT2D eigenvalue weighted by molar-refractivity contribution is 0.102. The highest BCUT2D eigenvalue weighted by atomic mass is 19.2. The number of carbonyl (C=O) groups is 1. The van der Waals surface area contributed by atoms with Gasteiger partial charge in [0, 0.05) is 30.1 Å². The zero-order valence-corrected chi connectivity index (χ0v) is 14.5. The Morgan fingerprint density at radius 2 is 1.81 bits per heavy atom. The van der Waals surface area contributed by atoms with Gasteiger partial charge in [-0.1, -0.05) is 12.1 Å². The van der Waals surface area contributed by atoms with Gasteiger partial charge in [-0.2, -0.15) is 0 Å². The van der Waals surface area contributed by atoms with E-state index >= 15 is 0 Å². The summed E-state index contributed by atoms with van der Waals surface area (Å²) in [5, 5.41) is 5.66. The number of pyridine rings is 1. The second-order valence-corrected chi connectivity index (χ2v) is 5.71. The van der Waals surface area contributed by atoms with Crippen molar-refractivity contribution in [3.63, 3.8) is 0 Å². The van der Waals surface area contributed by atoms with E-state index < -0.39 is 17.5 Å². The summed E-state index contributed by atoms with van der Waals surface area (Å²) in [6.07, 6.45) is 1.50. The van der Waals surface area contributed by atoms with Crippen LogP contribution in [0.2, 0.25) is 0 Å². The molecule has 2 N–H and O–H groups in total. The summed E-state index contributed by atoms with van der Waals surface area (Å²) in [5.41, 5.74) is 1.53. The number of benzene rings is 2. The zero-order valence-electron chi connectivity index (χ0n) is 14.5. The van der Waals surface area contributed by atoms with Crippen LogP contribution in [0.1, 0.15) is 15.9 Å². The maximum atomic E-state index is 13.3. The minimum absolute atomic E-state index is 0.170. The summed E-state index contributed by atoms with van der Waals surface area (Å²) < 4.78 is 31.3. The largest absolute Gasteiger partial charge is 0.497 e.